The second kappa shape index (κ2) is 9.10. The highest BCUT2D eigenvalue weighted by Crippen LogP contribution is 2.46. The number of hydrogen-bond donors (Lipinski definition) is 0. The quantitative estimate of drug-likeness (QED) is 0.424. The molecule has 2 atom stereocenters. The molecule has 0 saturated heterocycles. The van der Waals surface area contributed by atoms with E-state index in [2.05, 4.69) is 41.5 Å². The lowest BCUT2D eigenvalue weighted by Crippen LogP contribution is -2.50. The van der Waals surface area contributed by atoms with Crippen molar-refractivity contribution in [1.29, 1.82) is 0 Å². The summed E-state index contributed by atoms with van der Waals surface area (Å²) in [4.78, 5) is 0.183. The summed E-state index contributed by atoms with van der Waals surface area (Å²) < 4.78 is 44.7. The number of para-hydroxylation sites is 1. The van der Waals surface area contributed by atoms with E-state index in [1.165, 1.54) is 7.11 Å². The summed E-state index contributed by atoms with van der Waals surface area (Å²) in [5, 5.41) is -0.718. The van der Waals surface area contributed by atoms with Crippen LogP contribution in [0.5, 0.6) is 17.2 Å². The third-order valence-corrected chi connectivity index (χ3v) is 15.0. The number of sulfone groups is 1. The Bertz CT molecular complexity index is 1020. The molecule has 7 heteroatoms. The number of benzene rings is 2. The Morgan fingerprint density at radius 1 is 0.906 bits per heavy atom. The Hall–Kier alpha value is -1.99. The van der Waals surface area contributed by atoms with Crippen molar-refractivity contribution in [3.8, 4) is 17.2 Å². The van der Waals surface area contributed by atoms with Crippen LogP contribution >= 0.6 is 0 Å². The monoisotopic (exact) mass is 476 g/mol. The van der Waals surface area contributed by atoms with Crippen LogP contribution in [0.3, 0.4) is 0 Å². The molecule has 1 aliphatic rings. The van der Waals surface area contributed by atoms with Crippen LogP contribution in [0.1, 0.15) is 60.1 Å². The zero-order valence-corrected chi connectivity index (χ0v) is 22.2. The minimum Gasteiger partial charge on any atom is -0.543 e. The summed E-state index contributed by atoms with van der Waals surface area (Å²) in [5.41, 5.74) is 2.21. The summed E-state index contributed by atoms with van der Waals surface area (Å²) in [7, 11) is -4.11. The number of ether oxygens (including phenoxy) is 2. The van der Waals surface area contributed by atoms with E-state index in [1.807, 2.05) is 24.3 Å². The van der Waals surface area contributed by atoms with Crippen molar-refractivity contribution in [3.05, 3.63) is 48.0 Å². The summed E-state index contributed by atoms with van der Waals surface area (Å²) in [5.74, 6) is 1.54. The van der Waals surface area contributed by atoms with Crippen molar-refractivity contribution in [2.24, 2.45) is 0 Å². The van der Waals surface area contributed by atoms with Crippen molar-refractivity contribution in [2.45, 2.75) is 81.3 Å². The van der Waals surface area contributed by atoms with Crippen molar-refractivity contribution < 1.29 is 22.3 Å². The number of rotatable bonds is 7. The summed E-state index contributed by atoms with van der Waals surface area (Å²) in [6.07, 6.45) is -0.625. The Balaban J connectivity index is 1.95. The van der Waals surface area contributed by atoms with E-state index in [1.54, 1.807) is 25.1 Å². The van der Waals surface area contributed by atoms with E-state index in [0.717, 1.165) is 11.3 Å². The zero-order chi connectivity index (χ0) is 23.8. The van der Waals surface area contributed by atoms with Gasteiger partial charge in [-0.05, 0) is 53.4 Å². The predicted octanol–water partition coefficient (Wildman–Crippen LogP) is 6.55. The first-order valence-electron chi connectivity index (χ1n) is 11.3. The maximum atomic E-state index is 13.2. The zero-order valence-electron chi connectivity index (χ0n) is 20.4. The minimum absolute atomic E-state index is 0.183. The molecular weight excluding hydrogens is 440 g/mol. The van der Waals surface area contributed by atoms with Crippen molar-refractivity contribution in [3.63, 3.8) is 0 Å². The van der Waals surface area contributed by atoms with Crippen molar-refractivity contribution in [1.82, 2.24) is 0 Å². The molecule has 1 heterocycles. The molecule has 0 aromatic heterocycles. The molecule has 3 rings (SSSR count). The van der Waals surface area contributed by atoms with Gasteiger partial charge in [0.15, 0.2) is 21.3 Å². The molecule has 0 amide bonds. The van der Waals surface area contributed by atoms with Gasteiger partial charge < -0.3 is 13.9 Å². The molecule has 0 saturated carbocycles. The molecular formula is C25H36O5SSi. The molecule has 32 heavy (non-hydrogen) atoms. The van der Waals surface area contributed by atoms with E-state index in [4.69, 9.17) is 13.9 Å². The van der Waals surface area contributed by atoms with Gasteiger partial charge in [0.1, 0.15) is 22.0 Å². The average molecular weight is 477 g/mol. The molecule has 2 aromatic carbocycles. The fraction of sp³-hybridized carbons (Fsp3) is 0.520. The van der Waals surface area contributed by atoms with Crippen LogP contribution in [0.15, 0.2) is 47.4 Å². The van der Waals surface area contributed by atoms with Gasteiger partial charge in [0.2, 0.25) is 0 Å². The fourth-order valence-corrected chi connectivity index (χ4v) is 12.1. The number of methoxy groups -OCH3 is 1. The molecule has 5 nitrogen and oxygen atoms in total. The van der Waals surface area contributed by atoms with Gasteiger partial charge in [-0.2, -0.15) is 0 Å². The third kappa shape index (κ3) is 4.05. The first-order chi connectivity index (χ1) is 15.0. The summed E-state index contributed by atoms with van der Waals surface area (Å²) in [6, 6.07) is 12.7. The lowest BCUT2D eigenvalue weighted by Gasteiger charge is -2.42. The van der Waals surface area contributed by atoms with Gasteiger partial charge in [-0.3, -0.25) is 0 Å². The van der Waals surface area contributed by atoms with Crippen LogP contribution < -0.4 is 13.9 Å². The van der Waals surface area contributed by atoms with Crippen LogP contribution in [-0.4, -0.2) is 29.1 Å². The van der Waals surface area contributed by atoms with E-state index in [9.17, 15) is 8.42 Å². The maximum Gasteiger partial charge on any atom is 0.258 e. The second-order valence-corrected chi connectivity index (χ2v) is 17.2. The van der Waals surface area contributed by atoms with Gasteiger partial charge >= 0.3 is 0 Å². The van der Waals surface area contributed by atoms with E-state index < -0.39 is 29.5 Å². The van der Waals surface area contributed by atoms with Gasteiger partial charge in [-0.25, -0.2) is 8.42 Å². The van der Waals surface area contributed by atoms with Crippen molar-refractivity contribution >= 4 is 18.2 Å². The Kier molecular flexibility index (Phi) is 7.01. The fourth-order valence-electron chi connectivity index (χ4n) is 5.20. The van der Waals surface area contributed by atoms with Gasteiger partial charge in [0, 0.05) is 0 Å². The van der Waals surface area contributed by atoms with Crippen LogP contribution in [0.4, 0.5) is 0 Å². The van der Waals surface area contributed by atoms with E-state index in [-0.39, 0.29) is 10.6 Å². The van der Waals surface area contributed by atoms with Crippen molar-refractivity contribution in [2.75, 3.05) is 7.11 Å². The molecule has 0 aliphatic carbocycles. The Morgan fingerprint density at radius 2 is 1.47 bits per heavy atom. The third-order valence-electron chi connectivity index (χ3n) is 6.84. The lowest BCUT2D eigenvalue weighted by atomic mass is 10.1. The van der Waals surface area contributed by atoms with E-state index in [0.29, 0.717) is 22.4 Å². The van der Waals surface area contributed by atoms with Gasteiger partial charge in [0.25, 0.3) is 8.32 Å². The molecule has 0 bridgehead atoms. The first kappa shape index (κ1) is 24.6. The van der Waals surface area contributed by atoms with Crippen LogP contribution in [0, 0.1) is 0 Å². The first-order valence-corrected chi connectivity index (χ1v) is 15.0. The second-order valence-electron chi connectivity index (χ2n) is 9.56. The predicted molar refractivity (Wildman–Crippen MR) is 131 cm³/mol. The molecule has 2 unspecified atom stereocenters. The highest BCUT2D eigenvalue weighted by Gasteiger charge is 2.47. The molecule has 0 fully saturated rings. The average Bonchev–Trinajstić information content (AvgIpc) is 2.74. The molecule has 0 radical (unpaired) electrons. The number of fused-ring (bicyclic) bond motifs is 1. The SMILES string of the molecule is COc1cccc2c1OC(c1ccc(O[Si](C(C)C)(C(C)C)C(C)C)cc1)C(C)S2(=O)=O. The highest BCUT2D eigenvalue weighted by molar-refractivity contribution is 7.92. The van der Waals surface area contributed by atoms with Gasteiger partial charge in [-0.1, -0.05) is 59.7 Å². The lowest BCUT2D eigenvalue weighted by molar-refractivity contribution is 0.180. The van der Waals surface area contributed by atoms with E-state index >= 15 is 0 Å². The topological polar surface area (TPSA) is 61.8 Å². The Labute approximate surface area is 194 Å². The molecule has 0 N–H and O–H groups in total. The summed E-state index contributed by atoms with van der Waals surface area (Å²) >= 11 is 0. The standard InChI is InChI=1S/C25H36O5SSi/c1-16(2)32(17(3)4,18(5)6)30-21-14-12-20(13-15-21)24-19(7)31(26,27)23-11-9-10-22(28-8)25(23)29-24/h9-19,24H,1-8H3. The smallest absolute Gasteiger partial charge is 0.258 e. The summed E-state index contributed by atoms with van der Waals surface area (Å²) in [6.45, 7) is 15.2. The van der Waals surface area contributed by atoms with Gasteiger partial charge in [0.05, 0.1) is 7.11 Å². The Morgan fingerprint density at radius 3 is 1.97 bits per heavy atom. The highest BCUT2D eigenvalue weighted by atomic mass is 32.2. The minimum atomic E-state index is -3.55. The molecule has 176 valence electrons. The van der Waals surface area contributed by atoms with Crippen LogP contribution in [0.2, 0.25) is 16.6 Å². The normalized spacial score (nSPS) is 20.2. The van der Waals surface area contributed by atoms with Gasteiger partial charge in [-0.15, -0.1) is 0 Å². The van der Waals surface area contributed by atoms with Crippen LogP contribution in [-0.2, 0) is 9.84 Å². The van der Waals surface area contributed by atoms with Crippen LogP contribution in [0.25, 0.3) is 0 Å². The maximum absolute atomic E-state index is 13.2. The molecule has 1 aliphatic heterocycles. The largest absolute Gasteiger partial charge is 0.543 e. The molecule has 2 aromatic rings. The molecule has 0 spiro atoms. The number of hydrogen-bond acceptors (Lipinski definition) is 5.